The smallest absolute Gasteiger partial charge is 0.274 e. The van der Waals surface area contributed by atoms with E-state index in [0.29, 0.717) is 17.1 Å². The molecule has 23 heavy (non-hydrogen) atoms. The lowest BCUT2D eigenvalue weighted by molar-refractivity contribution is 0.415. The van der Waals surface area contributed by atoms with Crippen LogP contribution >= 0.6 is 0 Å². The lowest BCUT2D eigenvalue weighted by Crippen LogP contribution is -2.53. The van der Waals surface area contributed by atoms with Crippen LogP contribution in [-0.2, 0) is 6.54 Å². The molecule has 0 fully saturated rings. The molecular weight excluding hydrogens is 292 g/mol. The molecule has 0 bridgehead atoms. The Hall–Kier alpha value is -2.82. The zero-order valence-corrected chi connectivity index (χ0v) is 13.3. The van der Waals surface area contributed by atoms with Gasteiger partial charge >= 0.3 is 0 Å². The summed E-state index contributed by atoms with van der Waals surface area (Å²) in [5, 5.41) is 0.611. The van der Waals surface area contributed by atoms with E-state index in [9.17, 15) is 9.59 Å². The van der Waals surface area contributed by atoms with Crippen molar-refractivity contribution in [3.63, 3.8) is 0 Å². The Morgan fingerprint density at radius 3 is 2.52 bits per heavy atom. The van der Waals surface area contributed by atoms with Crippen LogP contribution in [0.2, 0.25) is 0 Å². The van der Waals surface area contributed by atoms with E-state index in [-0.39, 0.29) is 17.7 Å². The minimum Gasteiger partial charge on any atom is -0.497 e. The summed E-state index contributed by atoms with van der Waals surface area (Å²) in [6, 6.07) is 7.25. The van der Waals surface area contributed by atoms with Crippen molar-refractivity contribution in [1.29, 1.82) is 0 Å². The van der Waals surface area contributed by atoms with Crippen molar-refractivity contribution in [3.05, 3.63) is 73.9 Å². The second kappa shape index (κ2) is 7.45. The normalized spacial score (nSPS) is 12.4. The van der Waals surface area contributed by atoms with Gasteiger partial charge in [-0.25, -0.2) is 0 Å². The van der Waals surface area contributed by atoms with Crippen molar-refractivity contribution in [2.75, 3.05) is 7.11 Å². The Morgan fingerprint density at radius 1 is 1.26 bits per heavy atom. The number of ether oxygens (including phenoxy) is 1. The highest BCUT2D eigenvalue weighted by Gasteiger charge is 2.03. The maximum atomic E-state index is 12.5. The standard InChI is InChI=1S/C18H20N2O3/c1-4-6-15-18(22)20(11-5-2)16(17(21)19-15)12-13-7-9-14(23-3)10-8-13/h5-10,12H,2,4,11H2,1,3H3,(H,19,21)/b15-6-,16-12-. The van der Waals surface area contributed by atoms with Crippen molar-refractivity contribution in [2.45, 2.75) is 19.9 Å². The Labute approximate surface area is 133 Å². The molecule has 0 spiro atoms. The topological polar surface area (TPSA) is 64.1 Å². The molecule has 0 amide bonds. The summed E-state index contributed by atoms with van der Waals surface area (Å²) in [4.78, 5) is 27.5. The van der Waals surface area contributed by atoms with Gasteiger partial charge in [-0.2, -0.15) is 0 Å². The first-order chi connectivity index (χ1) is 11.1. The monoisotopic (exact) mass is 312 g/mol. The highest BCUT2D eigenvalue weighted by molar-refractivity contribution is 5.49. The van der Waals surface area contributed by atoms with Crippen LogP contribution in [0.4, 0.5) is 0 Å². The summed E-state index contributed by atoms with van der Waals surface area (Å²) in [5.74, 6) is 0.729. The van der Waals surface area contributed by atoms with Gasteiger partial charge in [0.05, 0.1) is 7.11 Å². The maximum Gasteiger partial charge on any atom is 0.274 e. The second-order valence-electron chi connectivity index (χ2n) is 4.99. The van der Waals surface area contributed by atoms with E-state index in [1.54, 1.807) is 37.5 Å². The third kappa shape index (κ3) is 3.69. The lowest BCUT2D eigenvalue weighted by atomic mass is 10.2. The summed E-state index contributed by atoms with van der Waals surface area (Å²) >= 11 is 0. The number of nitrogens with one attached hydrogen (secondary N) is 1. The number of hydrogen-bond acceptors (Lipinski definition) is 3. The Morgan fingerprint density at radius 2 is 1.96 bits per heavy atom. The van der Waals surface area contributed by atoms with Crippen LogP contribution in [0.1, 0.15) is 18.9 Å². The predicted octanol–water partition coefficient (Wildman–Crippen LogP) is 0.751. The average molecular weight is 312 g/mol. The third-order valence-electron chi connectivity index (χ3n) is 3.39. The predicted molar refractivity (Wildman–Crippen MR) is 92.1 cm³/mol. The summed E-state index contributed by atoms with van der Waals surface area (Å²) < 4.78 is 6.54. The van der Waals surface area contributed by atoms with Gasteiger partial charge < -0.3 is 9.72 Å². The van der Waals surface area contributed by atoms with Gasteiger partial charge in [0, 0.05) is 6.54 Å². The number of allylic oxidation sites excluding steroid dienone is 1. The Bertz CT molecular complexity index is 919. The van der Waals surface area contributed by atoms with Crippen LogP contribution in [0.15, 0.2) is 46.5 Å². The van der Waals surface area contributed by atoms with Crippen LogP contribution in [0.3, 0.4) is 0 Å². The fraction of sp³-hybridized carbons (Fsp3) is 0.222. The molecule has 1 N–H and O–H groups in total. The van der Waals surface area contributed by atoms with E-state index in [2.05, 4.69) is 11.6 Å². The second-order valence-corrected chi connectivity index (χ2v) is 4.99. The number of hydrogen-bond donors (Lipinski definition) is 1. The van der Waals surface area contributed by atoms with Gasteiger partial charge in [-0.05, 0) is 30.2 Å². The molecule has 120 valence electrons. The summed E-state index contributed by atoms with van der Waals surface area (Å²) in [7, 11) is 1.59. The minimum atomic E-state index is -0.304. The van der Waals surface area contributed by atoms with E-state index >= 15 is 0 Å². The van der Waals surface area contributed by atoms with Gasteiger partial charge in [0.25, 0.3) is 11.1 Å². The fourth-order valence-electron chi connectivity index (χ4n) is 2.27. The highest BCUT2D eigenvalue weighted by atomic mass is 16.5. The molecule has 1 heterocycles. The molecule has 0 radical (unpaired) electrons. The number of benzene rings is 1. The number of rotatable bonds is 5. The van der Waals surface area contributed by atoms with Crippen LogP contribution < -0.4 is 26.6 Å². The maximum absolute atomic E-state index is 12.5. The van der Waals surface area contributed by atoms with Crippen molar-refractivity contribution in [2.24, 2.45) is 0 Å². The molecule has 2 aromatic rings. The van der Waals surface area contributed by atoms with Gasteiger partial charge in [0.2, 0.25) is 0 Å². The molecule has 0 saturated heterocycles. The third-order valence-corrected chi connectivity index (χ3v) is 3.39. The van der Waals surface area contributed by atoms with Gasteiger partial charge in [0.1, 0.15) is 16.4 Å². The number of H-pyrrole nitrogens is 1. The van der Waals surface area contributed by atoms with E-state index in [4.69, 9.17) is 4.74 Å². The Balaban J connectivity index is 2.74. The van der Waals surface area contributed by atoms with Crippen molar-refractivity contribution in [3.8, 4) is 5.75 Å². The molecule has 5 nitrogen and oxygen atoms in total. The molecule has 0 unspecified atom stereocenters. The number of methoxy groups -OCH3 is 1. The summed E-state index contributed by atoms with van der Waals surface area (Å²) in [6.07, 6.45) is 5.65. The minimum absolute atomic E-state index is 0.230. The molecule has 1 aromatic carbocycles. The molecule has 0 atom stereocenters. The zero-order valence-electron chi connectivity index (χ0n) is 13.3. The lowest BCUT2D eigenvalue weighted by Gasteiger charge is -2.04. The molecule has 0 aliphatic heterocycles. The molecule has 5 heteroatoms. The molecule has 2 rings (SSSR count). The van der Waals surface area contributed by atoms with Crippen molar-refractivity contribution >= 4 is 12.2 Å². The molecule has 1 aromatic heterocycles. The largest absolute Gasteiger partial charge is 0.497 e. The number of nitrogens with zero attached hydrogens (tertiary/aromatic N) is 1. The highest BCUT2D eigenvalue weighted by Crippen LogP contribution is 2.11. The molecule has 0 saturated carbocycles. The summed E-state index contributed by atoms with van der Waals surface area (Å²) in [5.41, 5.74) is 0.272. The van der Waals surface area contributed by atoms with E-state index in [0.717, 1.165) is 11.3 Å². The first-order valence-electron chi connectivity index (χ1n) is 7.40. The van der Waals surface area contributed by atoms with E-state index < -0.39 is 0 Å². The molecule has 0 aliphatic carbocycles. The first kappa shape index (κ1) is 16.5. The number of aromatic amines is 1. The van der Waals surface area contributed by atoms with Crippen LogP contribution in [0.25, 0.3) is 12.2 Å². The SMILES string of the molecule is C=CCn1c(=O)/c(=C/CC)[nH]c(=O)/c1=C/c1ccc(OC)cc1. The fourth-order valence-corrected chi connectivity index (χ4v) is 2.27. The van der Waals surface area contributed by atoms with Gasteiger partial charge in [-0.1, -0.05) is 31.2 Å². The summed E-state index contributed by atoms with van der Waals surface area (Å²) in [6.45, 7) is 5.84. The van der Waals surface area contributed by atoms with Crippen LogP contribution in [0, 0.1) is 0 Å². The quantitative estimate of drug-likeness (QED) is 0.829. The van der Waals surface area contributed by atoms with Crippen molar-refractivity contribution in [1.82, 2.24) is 9.55 Å². The van der Waals surface area contributed by atoms with Crippen molar-refractivity contribution < 1.29 is 4.74 Å². The first-order valence-corrected chi connectivity index (χ1v) is 7.40. The van der Waals surface area contributed by atoms with Crippen LogP contribution in [-0.4, -0.2) is 16.7 Å². The average Bonchev–Trinajstić information content (AvgIpc) is 2.56. The molecule has 0 aliphatic rings. The Kier molecular flexibility index (Phi) is 5.36. The number of aromatic nitrogens is 2. The molecular formula is C18H20N2O3. The van der Waals surface area contributed by atoms with E-state index in [1.807, 2.05) is 19.1 Å². The van der Waals surface area contributed by atoms with Crippen LogP contribution in [0.5, 0.6) is 5.75 Å². The van der Waals surface area contributed by atoms with E-state index in [1.165, 1.54) is 4.57 Å². The van der Waals surface area contributed by atoms with Gasteiger partial charge in [0.15, 0.2) is 0 Å². The zero-order chi connectivity index (χ0) is 16.8. The van der Waals surface area contributed by atoms with Gasteiger partial charge in [-0.3, -0.25) is 14.2 Å². The van der Waals surface area contributed by atoms with Gasteiger partial charge in [-0.15, -0.1) is 6.58 Å².